The minimum Gasteiger partial charge on any atom is -0.497 e. The number of methoxy groups -OCH3 is 2. The van der Waals surface area contributed by atoms with Crippen LogP contribution in [0.2, 0.25) is 0 Å². The minimum absolute atomic E-state index is 0.0347. The third-order valence-corrected chi connectivity index (χ3v) is 8.08. The van der Waals surface area contributed by atoms with Crippen molar-refractivity contribution in [2.24, 2.45) is 5.92 Å². The van der Waals surface area contributed by atoms with Gasteiger partial charge in [0.2, 0.25) is 11.8 Å². The highest BCUT2D eigenvalue weighted by atomic mass is 16.5. The first-order valence-corrected chi connectivity index (χ1v) is 13.5. The van der Waals surface area contributed by atoms with Crippen LogP contribution in [0.4, 0.5) is 0 Å². The maximum Gasteiger partial charge on any atom is 0.247 e. The molecule has 1 heterocycles. The Balaban J connectivity index is 1.51. The number of nitrogens with zero attached hydrogens (tertiary/aromatic N) is 1. The van der Waals surface area contributed by atoms with E-state index in [0.717, 1.165) is 30.4 Å². The van der Waals surface area contributed by atoms with Crippen LogP contribution in [0.3, 0.4) is 0 Å². The molecule has 1 aliphatic heterocycles. The molecule has 5 rings (SSSR count). The second kappa shape index (κ2) is 11.7. The van der Waals surface area contributed by atoms with Crippen molar-refractivity contribution in [2.45, 2.75) is 49.9 Å². The van der Waals surface area contributed by atoms with Crippen molar-refractivity contribution in [3.63, 3.8) is 0 Å². The predicted octanol–water partition coefficient (Wildman–Crippen LogP) is 2.20. The molecule has 3 aliphatic rings. The quantitative estimate of drug-likeness (QED) is 0.426. The van der Waals surface area contributed by atoms with Crippen LogP contribution in [0.25, 0.3) is 0 Å². The van der Waals surface area contributed by atoms with Gasteiger partial charge >= 0.3 is 0 Å². The Morgan fingerprint density at radius 2 is 1.92 bits per heavy atom. The number of carbonyl (C=O) groups excluding carboxylic acids is 2. The molecule has 9 nitrogen and oxygen atoms in total. The predicted molar refractivity (Wildman–Crippen MR) is 144 cm³/mol. The van der Waals surface area contributed by atoms with Gasteiger partial charge in [0.05, 0.1) is 32.8 Å². The second-order valence-electron chi connectivity index (χ2n) is 10.3. The van der Waals surface area contributed by atoms with Gasteiger partial charge in [-0.05, 0) is 55.2 Å². The van der Waals surface area contributed by atoms with Crippen molar-refractivity contribution in [3.8, 4) is 17.2 Å². The zero-order valence-electron chi connectivity index (χ0n) is 22.3. The highest BCUT2D eigenvalue weighted by Crippen LogP contribution is 2.47. The Hall–Kier alpha value is -3.56. The molecular weight excluding hydrogens is 500 g/mol. The summed E-state index contributed by atoms with van der Waals surface area (Å²) in [6.07, 6.45) is 3.03. The Bertz CT molecular complexity index is 1240. The van der Waals surface area contributed by atoms with E-state index in [9.17, 15) is 19.8 Å². The summed E-state index contributed by atoms with van der Waals surface area (Å²) in [7, 11) is 3.20. The Morgan fingerprint density at radius 3 is 2.62 bits per heavy atom. The van der Waals surface area contributed by atoms with Crippen molar-refractivity contribution in [1.29, 1.82) is 0 Å². The summed E-state index contributed by atoms with van der Waals surface area (Å²) >= 11 is 0. The third kappa shape index (κ3) is 5.21. The van der Waals surface area contributed by atoms with Crippen molar-refractivity contribution in [2.75, 3.05) is 33.9 Å². The molecule has 2 aliphatic carbocycles. The number of amides is 2. The van der Waals surface area contributed by atoms with Gasteiger partial charge in [-0.1, -0.05) is 24.6 Å². The van der Waals surface area contributed by atoms with Crippen molar-refractivity contribution >= 4 is 11.8 Å². The fourth-order valence-corrected chi connectivity index (χ4v) is 5.81. The molecule has 0 bridgehead atoms. The molecule has 2 aromatic rings. The first-order valence-electron chi connectivity index (χ1n) is 13.5. The van der Waals surface area contributed by atoms with Crippen LogP contribution in [0, 0.1) is 5.92 Å². The van der Waals surface area contributed by atoms with E-state index in [1.54, 1.807) is 25.2 Å². The SMILES string of the molecule is COc1ccc(OC)c(CCN(C(=O)C2CCC2)[C@@H]2C=C(C(=O)NCCO)[C@@H]3c4ccccc4O[C@@H]3[C@H]2O)c1. The number of benzene rings is 2. The highest BCUT2D eigenvalue weighted by molar-refractivity contribution is 5.96. The molecule has 4 atom stereocenters. The number of ether oxygens (including phenoxy) is 3. The lowest BCUT2D eigenvalue weighted by Crippen LogP contribution is -2.57. The van der Waals surface area contributed by atoms with Gasteiger partial charge in [0.15, 0.2) is 0 Å². The average molecular weight is 537 g/mol. The van der Waals surface area contributed by atoms with Crippen LogP contribution in [-0.2, 0) is 16.0 Å². The molecule has 2 aromatic carbocycles. The molecule has 0 aromatic heterocycles. The number of para-hydroxylation sites is 1. The van der Waals surface area contributed by atoms with Crippen LogP contribution in [0.1, 0.15) is 36.3 Å². The third-order valence-electron chi connectivity index (χ3n) is 8.08. The van der Waals surface area contributed by atoms with E-state index >= 15 is 0 Å². The van der Waals surface area contributed by atoms with Crippen molar-refractivity contribution < 1.29 is 34.0 Å². The molecule has 9 heteroatoms. The van der Waals surface area contributed by atoms with E-state index in [1.165, 1.54) is 0 Å². The number of nitrogens with one attached hydrogen (secondary N) is 1. The van der Waals surface area contributed by atoms with Crippen LogP contribution in [-0.4, -0.2) is 79.1 Å². The van der Waals surface area contributed by atoms with Gasteiger partial charge in [0.1, 0.15) is 29.5 Å². The number of aliphatic hydroxyl groups is 2. The maximum absolute atomic E-state index is 13.8. The first-order chi connectivity index (χ1) is 19.0. The highest BCUT2D eigenvalue weighted by Gasteiger charge is 2.51. The fraction of sp³-hybridized carbons (Fsp3) is 0.467. The van der Waals surface area contributed by atoms with E-state index < -0.39 is 24.2 Å². The summed E-state index contributed by atoms with van der Waals surface area (Å²) in [6.45, 7) is 0.220. The minimum atomic E-state index is -1.05. The molecule has 0 unspecified atom stereocenters. The fourth-order valence-electron chi connectivity index (χ4n) is 5.81. The number of hydrogen-bond donors (Lipinski definition) is 3. The molecule has 0 spiro atoms. The van der Waals surface area contributed by atoms with Gasteiger partial charge in [-0.15, -0.1) is 0 Å². The Labute approximate surface area is 228 Å². The lowest BCUT2D eigenvalue weighted by Gasteiger charge is -2.43. The summed E-state index contributed by atoms with van der Waals surface area (Å²) in [6, 6.07) is 12.2. The normalized spacial score (nSPS) is 23.4. The van der Waals surface area contributed by atoms with Gasteiger partial charge in [0.25, 0.3) is 0 Å². The van der Waals surface area contributed by atoms with Gasteiger partial charge < -0.3 is 34.6 Å². The number of rotatable bonds is 10. The van der Waals surface area contributed by atoms with Gasteiger partial charge in [-0.25, -0.2) is 0 Å². The van der Waals surface area contributed by atoms with Gasteiger partial charge in [-0.3, -0.25) is 9.59 Å². The number of carbonyl (C=O) groups is 2. The molecule has 1 fully saturated rings. The van der Waals surface area contributed by atoms with Gasteiger partial charge in [0, 0.05) is 30.1 Å². The van der Waals surface area contributed by atoms with E-state index in [2.05, 4.69) is 5.32 Å². The monoisotopic (exact) mass is 536 g/mol. The molecule has 3 N–H and O–H groups in total. The molecule has 208 valence electrons. The molecule has 0 radical (unpaired) electrons. The van der Waals surface area contributed by atoms with E-state index in [-0.39, 0.29) is 30.9 Å². The van der Waals surface area contributed by atoms with Crippen molar-refractivity contribution in [1.82, 2.24) is 10.2 Å². The van der Waals surface area contributed by atoms with E-state index in [0.29, 0.717) is 35.8 Å². The molecule has 39 heavy (non-hydrogen) atoms. The number of fused-ring (bicyclic) bond motifs is 3. The van der Waals surface area contributed by atoms with Crippen molar-refractivity contribution in [3.05, 3.63) is 65.2 Å². The summed E-state index contributed by atoms with van der Waals surface area (Å²) in [5.74, 6) is 1.02. The molecule has 1 saturated carbocycles. The van der Waals surface area contributed by atoms with Crippen LogP contribution < -0.4 is 19.5 Å². The number of aliphatic hydroxyl groups excluding tert-OH is 2. The standard InChI is InChI=1S/C30H36N2O7/c1-37-20-10-11-24(38-2)19(16-20)12-14-32(30(36)18-6-5-7-18)23-17-22(29(35)31-13-15-33)26-21-8-3-4-9-25(21)39-28(26)27(23)34/h3-4,8-11,16-18,23,26-28,33-34H,5-7,12-15H2,1-2H3,(H,31,35)/t23-,26+,27+,28+/m1/s1. The smallest absolute Gasteiger partial charge is 0.247 e. The summed E-state index contributed by atoms with van der Waals surface area (Å²) in [5.41, 5.74) is 2.13. The van der Waals surface area contributed by atoms with E-state index in [1.807, 2.05) is 42.5 Å². The van der Waals surface area contributed by atoms with Crippen LogP contribution in [0.15, 0.2) is 54.1 Å². The maximum atomic E-state index is 13.8. The topological polar surface area (TPSA) is 118 Å². The molecular formula is C30H36N2O7. The zero-order chi connectivity index (χ0) is 27.5. The summed E-state index contributed by atoms with van der Waals surface area (Å²) < 4.78 is 17.1. The summed E-state index contributed by atoms with van der Waals surface area (Å²) in [5, 5.41) is 23.7. The average Bonchev–Trinajstić information content (AvgIpc) is 3.32. The number of hydrogen-bond acceptors (Lipinski definition) is 7. The van der Waals surface area contributed by atoms with Crippen LogP contribution in [0.5, 0.6) is 17.2 Å². The molecule has 0 saturated heterocycles. The summed E-state index contributed by atoms with van der Waals surface area (Å²) in [4.78, 5) is 28.8. The Morgan fingerprint density at radius 1 is 1.13 bits per heavy atom. The van der Waals surface area contributed by atoms with Gasteiger partial charge in [-0.2, -0.15) is 0 Å². The van der Waals surface area contributed by atoms with Crippen LogP contribution >= 0.6 is 0 Å². The lowest BCUT2D eigenvalue weighted by atomic mass is 9.76. The van der Waals surface area contributed by atoms with E-state index in [4.69, 9.17) is 14.2 Å². The lowest BCUT2D eigenvalue weighted by molar-refractivity contribution is -0.144. The second-order valence-corrected chi connectivity index (χ2v) is 10.3. The Kier molecular flexibility index (Phi) is 8.09. The zero-order valence-corrected chi connectivity index (χ0v) is 22.3. The molecule has 2 amide bonds. The first kappa shape index (κ1) is 27.0. The largest absolute Gasteiger partial charge is 0.497 e.